The molecule has 238 valence electrons. The number of esters is 2. The molecule has 6 heteroatoms. The maximum absolute atomic E-state index is 12.4. The van der Waals surface area contributed by atoms with E-state index < -0.39 is 0 Å². The summed E-state index contributed by atoms with van der Waals surface area (Å²) in [5.74, 6) is -0.0970. The number of hydrogen-bond acceptors (Lipinski definition) is 6. The van der Waals surface area contributed by atoms with Gasteiger partial charge in [-0.2, -0.15) is 0 Å². The molecule has 0 aliphatic rings. The van der Waals surface area contributed by atoms with Crippen molar-refractivity contribution in [3.63, 3.8) is 0 Å². The molecular weight excluding hydrogens is 502 g/mol. The summed E-state index contributed by atoms with van der Waals surface area (Å²) in [4.78, 5) is 26.0. The van der Waals surface area contributed by atoms with Crippen molar-refractivity contribution in [3.8, 4) is 0 Å². The summed E-state index contributed by atoms with van der Waals surface area (Å²) in [6.45, 7) is 7.56. The third-order valence-electron chi connectivity index (χ3n) is 7.91. The van der Waals surface area contributed by atoms with Crippen molar-refractivity contribution in [1.82, 2.24) is 4.90 Å². The quantitative estimate of drug-likeness (QED) is 0.0664. The zero-order valence-electron chi connectivity index (χ0n) is 26.9. The third-order valence-corrected chi connectivity index (χ3v) is 7.91. The molecule has 6 nitrogen and oxygen atoms in total. The van der Waals surface area contributed by atoms with Crippen molar-refractivity contribution < 1.29 is 24.2 Å². The van der Waals surface area contributed by atoms with Crippen LogP contribution in [-0.4, -0.2) is 61.4 Å². The topological polar surface area (TPSA) is 76.1 Å². The molecular formula is C34H67NO5. The Bertz CT molecular complexity index is 544. The van der Waals surface area contributed by atoms with Crippen LogP contribution in [0.1, 0.15) is 168 Å². The van der Waals surface area contributed by atoms with Crippen LogP contribution < -0.4 is 0 Å². The van der Waals surface area contributed by atoms with Gasteiger partial charge >= 0.3 is 11.9 Å². The smallest absolute Gasteiger partial charge is 0.306 e. The molecule has 0 aromatic heterocycles. The monoisotopic (exact) mass is 570 g/mol. The first kappa shape index (κ1) is 38.9. The van der Waals surface area contributed by atoms with Gasteiger partial charge in [0.15, 0.2) is 0 Å². The highest BCUT2D eigenvalue weighted by Gasteiger charge is 2.14. The molecule has 0 aliphatic carbocycles. The van der Waals surface area contributed by atoms with Gasteiger partial charge in [-0.1, -0.05) is 104 Å². The predicted octanol–water partition coefficient (Wildman–Crippen LogP) is 8.77. The van der Waals surface area contributed by atoms with Crippen molar-refractivity contribution in [2.24, 2.45) is 0 Å². The van der Waals surface area contributed by atoms with E-state index in [1.54, 1.807) is 0 Å². The van der Waals surface area contributed by atoms with Crippen LogP contribution in [0, 0.1) is 0 Å². The van der Waals surface area contributed by atoms with Crippen molar-refractivity contribution in [2.75, 3.05) is 33.4 Å². The standard InChI is InChI=1S/C34H67NO5/c1-4-6-8-18-24-32(25-19-9-7-5-2)40-34(38)27-21-14-11-10-12-16-22-28-35(30-31-36)29-23-17-13-15-20-26-33(37)39-3/h32,36H,4-31H2,1-3H3. The van der Waals surface area contributed by atoms with E-state index >= 15 is 0 Å². The summed E-state index contributed by atoms with van der Waals surface area (Å²) in [5.41, 5.74) is 0. The minimum Gasteiger partial charge on any atom is -0.469 e. The lowest BCUT2D eigenvalue weighted by Crippen LogP contribution is -2.29. The number of aliphatic hydroxyl groups excluding tert-OH is 1. The van der Waals surface area contributed by atoms with Crippen LogP contribution in [0.4, 0.5) is 0 Å². The van der Waals surface area contributed by atoms with E-state index in [-0.39, 0.29) is 24.6 Å². The first-order valence-electron chi connectivity index (χ1n) is 17.2. The fraction of sp³-hybridized carbons (Fsp3) is 0.941. The number of hydrogen-bond donors (Lipinski definition) is 1. The molecule has 0 radical (unpaired) electrons. The molecule has 0 saturated heterocycles. The Morgan fingerprint density at radius 1 is 0.575 bits per heavy atom. The molecule has 0 heterocycles. The molecule has 0 rings (SSSR count). The number of nitrogens with zero attached hydrogens (tertiary/aromatic N) is 1. The van der Waals surface area contributed by atoms with Gasteiger partial charge in [-0.25, -0.2) is 0 Å². The van der Waals surface area contributed by atoms with Gasteiger partial charge in [0.2, 0.25) is 0 Å². The van der Waals surface area contributed by atoms with E-state index in [0.29, 0.717) is 12.8 Å². The molecule has 1 N–H and O–H groups in total. The van der Waals surface area contributed by atoms with Crippen molar-refractivity contribution in [2.45, 2.75) is 174 Å². The molecule has 0 aromatic rings. The van der Waals surface area contributed by atoms with Crippen LogP contribution >= 0.6 is 0 Å². The van der Waals surface area contributed by atoms with E-state index in [0.717, 1.165) is 71.0 Å². The third kappa shape index (κ3) is 27.1. The zero-order valence-corrected chi connectivity index (χ0v) is 26.9. The lowest BCUT2D eigenvalue weighted by Gasteiger charge is -2.21. The van der Waals surface area contributed by atoms with E-state index in [9.17, 15) is 14.7 Å². The molecule has 0 aliphatic heterocycles. The molecule has 0 saturated carbocycles. The second-order valence-electron chi connectivity index (χ2n) is 11.7. The van der Waals surface area contributed by atoms with Gasteiger partial charge in [0, 0.05) is 19.4 Å². The van der Waals surface area contributed by atoms with Crippen LogP contribution in [0.3, 0.4) is 0 Å². The van der Waals surface area contributed by atoms with E-state index in [2.05, 4.69) is 23.5 Å². The highest BCUT2D eigenvalue weighted by atomic mass is 16.5. The number of rotatable bonds is 31. The lowest BCUT2D eigenvalue weighted by atomic mass is 10.0. The summed E-state index contributed by atoms with van der Waals surface area (Å²) in [5, 5.41) is 9.39. The van der Waals surface area contributed by atoms with E-state index in [1.807, 2.05) is 0 Å². The second-order valence-corrected chi connectivity index (χ2v) is 11.7. The van der Waals surface area contributed by atoms with Crippen LogP contribution in [0.5, 0.6) is 0 Å². The number of methoxy groups -OCH3 is 1. The van der Waals surface area contributed by atoms with E-state index in [4.69, 9.17) is 4.74 Å². The highest BCUT2D eigenvalue weighted by Crippen LogP contribution is 2.17. The number of carbonyl (C=O) groups excluding carboxylic acids is 2. The highest BCUT2D eigenvalue weighted by molar-refractivity contribution is 5.69. The number of ether oxygens (including phenoxy) is 2. The minimum atomic E-state index is -0.112. The summed E-state index contributed by atoms with van der Waals surface area (Å²) >= 11 is 0. The molecule has 0 aromatic carbocycles. The SMILES string of the molecule is CCCCCCC(CCCCCC)OC(=O)CCCCCCCCCN(CCO)CCCCCCCC(=O)OC. The number of carbonyl (C=O) groups is 2. The van der Waals surface area contributed by atoms with Crippen LogP contribution in [0.15, 0.2) is 0 Å². The Morgan fingerprint density at radius 3 is 1.45 bits per heavy atom. The molecule has 0 bridgehead atoms. The Kier molecular flexibility index (Phi) is 29.9. The van der Waals surface area contributed by atoms with Crippen molar-refractivity contribution >= 4 is 11.9 Å². The summed E-state index contributed by atoms with van der Waals surface area (Å²) in [6, 6.07) is 0. The van der Waals surface area contributed by atoms with E-state index in [1.165, 1.54) is 97.0 Å². The average Bonchev–Trinajstić information content (AvgIpc) is 2.95. The van der Waals surface area contributed by atoms with Crippen LogP contribution in [0.25, 0.3) is 0 Å². The maximum atomic E-state index is 12.4. The molecule has 0 unspecified atom stereocenters. The fourth-order valence-corrected chi connectivity index (χ4v) is 5.31. The van der Waals surface area contributed by atoms with Gasteiger partial charge in [0.05, 0.1) is 13.7 Å². The Morgan fingerprint density at radius 2 is 1.00 bits per heavy atom. The van der Waals surface area contributed by atoms with Gasteiger partial charge in [-0.3, -0.25) is 9.59 Å². The minimum absolute atomic E-state index is 0.0150. The molecule has 0 amide bonds. The largest absolute Gasteiger partial charge is 0.469 e. The molecule has 0 fully saturated rings. The first-order valence-corrected chi connectivity index (χ1v) is 17.2. The fourth-order valence-electron chi connectivity index (χ4n) is 5.31. The molecule has 0 spiro atoms. The maximum Gasteiger partial charge on any atom is 0.306 e. The van der Waals surface area contributed by atoms with Gasteiger partial charge in [0.1, 0.15) is 6.10 Å². The normalized spacial score (nSPS) is 11.4. The summed E-state index contributed by atoms with van der Waals surface area (Å²) in [6.07, 6.45) is 26.8. The summed E-state index contributed by atoms with van der Waals surface area (Å²) < 4.78 is 10.6. The average molecular weight is 570 g/mol. The first-order chi connectivity index (χ1) is 19.6. The van der Waals surface area contributed by atoms with Crippen LogP contribution in [-0.2, 0) is 19.1 Å². The Hall–Kier alpha value is -1.14. The Labute approximate surface area is 248 Å². The van der Waals surface area contributed by atoms with Gasteiger partial charge in [-0.15, -0.1) is 0 Å². The number of unbranched alkanes of at least 4 members (excludes halogenated alkanes) is 16. The van der Waals surface area contributed by atoms with Gasteiger partial charge < -0.3 is 19.5 Å². The van der Waals surface area contributed by atoms with Crippen molar-refractivity contribution in [1.29, 1.82) is 0 Å². The predicted molar refractivity (Wildman–Crippen MR) is 168 cm³/mol. The second kappa shape index (κ2) is 30.8. The van der Waals surface area contributed by atoms with Crippen molar-refractivity contribution in [3.05, 3.63) is 0 Å². The van der Waals surface area contributed by atoms with Crippen LogP contribution in [0.2, 0.25) is 0 Å². The molecule has 40 heavy (non-hydrogen) atoms. The summed E-state index contributed by atoms with van der Waals surface area (Å²) in [7, 11) is 1.45. The van der Waals surface area contributed by atoms with Gasteiger partial charge in [-0.05, 0) is 64.5 Å². The van der Waals surface area contributed by atoms with Gasteiger partial charge in [0.25, 0.3) is 0 Å². The zero-order chi connectivity index (χ0) is 29.5. The lowest BCUT2D eigenvalue weighted by molar-refractivity contribution is -0.150. The Balaban J connectivity index is 3.83. The number of aliphatic hydroxyl groups is 1. The molecule has 0 atom stereocenters.